The fourth-order valence-corrected chi connectivity index (χ4v) is 10.1. The summed E-state index contributed by atoms with van der Waals surface area (Å²) in [7, 11) is -4.44. The second kappa shape index (κ2) is 14.9. The summed E-state index contributed by atoms with van der Waals surface area (Å²) in [5.74, 6) is 1.20. The van der Waals surface area contributed by atoms with Gasteiger partial charge < -0.3 is 9.47 Å². The zero-order valence-corrected chi connectivity index (χ0v) is 33.0. The standard InChI is InChI=1S/C37H28Cl4N4O5S3/c38-21-8-10-29(25(40)18-21)44-34-23(12-15-49-31-14-17-51-36(31)34)27(42-44)6-4-2-1-3-5-7-28-24-13-16-50-32-20-33(53(46,47)48)52-37(32)35(24)45(43-28)30-11-9-22(39)19-26(30)41/h4-11,14,17-20H,1-3,12-13,15-16H2,(H,46,47,48)/b6-4+,7-5+. The van der Waals surface area contributed by atoms with E-state index in [2.05, 4.69) is 18.2 Å². The SMILES string of the molecule is O=S(=O)(O)c1cc2c(s1)-c1c(c(/C=C/CCC/C=C/c3nn(-c4ccc(Cl)cc4Cl)c4c3CCOc3ccsc3-4)nn1-c1ccc(Cl)cc1Cl)CCO2. The van der Waals surface area contributed by atoms with Crippen LogP contribution < -0.4 is 9.47 Å². The molecule has 0 unspecified atom stereocenters. The van der Waals surface area contributed by atoms with Crippen LogP contribution in [-0.2, 0) is 23.0 Å². The van der Waals surface area contributed by atoms with Gasteiger partial charge in [0, 0.05) is 40.1 Å². The van der Waals surface area contributed by atoms with Crippen LogP contribution in [0.3, 0.4) is 0 Å². The van der Waals surface area contributed by atoms with E-state index in [4.69, 9.17) is 66.1 Å². The van der Waals surface area contributed by atoms with Gasteiger partial charge >= 0.3 is 10.1 Å². The fraction of sp³-hybridized carbons (Fsp3) is 0.189. The Morgan fingerprint density at radius 1 is 0.755 bits per heavy atom. The smallest absolute Gasteiger partial charge is 0.304 e. The van der Waals surface area contributed by atoms with Crippen LogP contribution in [0.1, 0.15) is 41.8 Å². The maximum atomic E-state index is 12.0. The number of fused-ring (bicyclic) bond motifs is 6. The van der Waals surface area contributed by atoms with Crippen molar-refractivity contribution in [3.05, 3.63) is 109 Å². The Morgan fingerprint density at radius 3 is 1.85 bits per heavy atom. The van der Waals surface area contributed by atoms with Crippen molar-refractivity contribution in [2.45, 2.75) is 36.3 Å². The lowest BCUT2D eigenvalue weighted by molar-refractivity contribution is 0.326. The molecule has 0 radical (unpaired) electrons. The van der Waals surface area contributed by atoms with E-state index in [0.717, 1.165) is 69.4 Å². The first-order valence-electron chi connectivity index (χ1n) is 16.5. The second-order valence-electron chi connectivity index (χ2n) is 12.2. The summed E-state index contributed by atoms with van der Waals surface area (Å²) in [4.78, 5) is 1.55. The number of benzene rings is 2. The maximum absolute atomic E-state index is 12.0. The predicted octanol–water partition coefficient (Wildman–Crippen LogP) is 11.1. The molecule has 0 aliphatic carbocycles. The lowest BCUT2D eigenvalue weighted by Crippen LogP contribution is -2.00. The summed E-state index contributed by atoms with van der Waals surface area (Å²) >= 11 is 28.2. The molecule has 2 aliphatic heterocycles. The third-order valence-electron chi connectivity index (χ3n) is 8.81. The highest BCUT2D eigenvalue weighted by atomic mass is 35.5. The van der Waals surface area contributed by atoms with Crippen LogP contribution in [0, 0.1) is 0 Å². The number of thiophene rings is 2. The highest BCUT2D eigenvalue weighted by molar-refractivity contribution is 7.88. The summed E-state index contributed by atoms with van der Waals surface area (Å²) in [5, 5.41) is 13.9. The molecule has 6 heterocycles. The summed E-state index contributed by atoms with van der Waals surface area (Å²) < 4.78 is 49.3. The van der Waals surface area contributed by atoms with Crippen LogP contribution in [0.2, 0.25) is 20.1 Å². The molecular formula is C37H28Cl4N4O5S3. The number of ether oxygens (including phenoxy) is 2. The van der Waals surface area contributed by atoms with Gasteiger partial charge in [-0.25, -0.2) is 9.36 Å². The first kappa shape index (κ1) is 36.4. The average Bonchev–Trinajstić information content (AvgIpc) is 3.86. The van der Waals surface area contributed by atoms with E-state index in [1.165, 1.54) is 6.07 Å². The molecule has 53 heavy (non-hydrogen) atoms. The lowest BCUT2D eigenvalue weighted by atomic mass is 10.1. The predicted molar refractivity (Wildman–Crippen MR) is 214 cm³/mol. The molecule has 0 saturated heterocycles. The van der Waals surface area contributed by atoms with Crippen LogP contribution >= 0.6 is 69.1 Å². The Bertz CT molecular complexity index is 2550. The zero-order valence-electron chi connectivity index (χ0n) is 27.6. The monoisotopic (exact) mass is 844 g/mol. The Hall–Kier alpha value is -3.59. The lowest BCUT2D eigenvalue weighted by Gasteiger charge is -2.09. The maximum Gasteiger partial charge on any atom is 0.304 e. The van der Waals surface area contributed by atoms with Gasteiger partial charge in [-0.1, -0.05) is 58.6 Å². The topological polar surface area (TPSA) is 108 Å². The molecule has 272 valence electrons. The van der Waals surface area contributed by atoms with Crippen molar-refractivity contribution in [1.82, 2.24) is 19.6 Å². The van der Waals surface area contributed by atoms with Crippen LogP contribution in [-0.4, -0.2) is 45.7 Å². The van der Waals surface area contributed by atoms with E-state index >= 15 is 0 Å². The number of rotatable bonds is 9. The number of halogens is 4. The van der Waals surface area contributed by atoms with Crippen molar-refractivity contribution >= 4 is 91.3 Å². The van der Waals surface area contributed by atoms with Gasteiger partial charge in [-0.15, -0.1) is 22.7 Å². The van der Waals surface area contributed by atoms with Crippen LogP contribution in [0.5, 0.6) is 11.5 Å². The molecule has 8 rings (SSSR count). The minimum atomic E-state index is -4.44. The fourth-order valence-electron chi connectivity index (χ4n) is 6.42. The molecular weight excluding hydrogens is 818 g/mol. The van der Waals surface area contributed by atoms with E-state index in [9.17, 15) is 13.0 Å². The van der Waals surface area contributed by atoms with Gasteiger partial charge in [0.25, 0.3) is 0 Å². The number of nitrogens with zero attached hydrogens (tertiary/aromatic N) is 4. The summed E-state index contributed by atoms with van der Waals surface area (Å²) in [6.45, 7) is 0.852. The second-order valence-corrected chi connectivity index (χ2v) is 17.5. The molecule has 2 aromatic carbocycles. The van der Waals surface area contributed by atoms with Gasteiger partial charge in [-0.3, -0.25) is 4.55 Å². The van der Waals surface area contributed by atoms with Gasteiger partial charge in [-0.2, -0.15) is 18.6 Å². The Kier molecular flexibility index (Phi) is 10.2. The third kappa shape index (κ3) is 7.19. The Balaban J connectivity index is 1.04. The van der Waals surface area contributed by atoms with Crippen molar-refractivity contribution in [2.75, 3.05) is 13.2 Å². The van der Waals surface area contributed by atoms with Gasteiger partial charge in [0.15, 0.2) is 4.21 Å². The first-order chi connectivity index (χ1) is 25.6. The van der Waals surface area contributed by atoms with Crippen molar-refractivity contribution < 1.29 is 22.4 Å². The van der Waals surface area contributed by atoms with E-state index in [1.807, 2.05) is 34.3 Å². The van der Waals surface area contributed by atoms with Crippen LogP contribution in [0.15, 0.2) is 70.3 Å². The van der Waals surface area contributed by atoms with E-state index in [0.29, 0.717) is 73.8 Å². The molecule has 2 aliphatic rings. The molecule has 0 bridgehead atoms. The van der Waals surface area contributed by atoms with E-state index < -0.39 is 10.1 Å². The van der Waals surface area contributed by atoms with Crippen LogP contribution in [0.4, 0.5) is 0 Å². The molecule has 0 spiro atoms. The average molecular weight is 847 g/mol. The number of hydrogen-bond donors (Lipinski definition) is 1. The van der Waals surface area contributed by atoms with Crippen molar-refractivity contribution in [3.8, 4) is 44.0 Å². The van der Waals surface area contributed by atoms with E-state index in [1.54, 1.807) is 40.3 Å². The number of aromatic nitrogens is 4. The normalized spacial score (nSPS) is 14.0. The van der Waals surface area contributed by atoms with Crippen molar-refractivity contribution in [1.29, 1.82) is 0 Å². The van der Waals surface area contributed by atoms with Crippen molar-refractivity contribution in [3.63, 3.8) is 0 Å². The minimum Gasteiger partial charge on any atom is -0.492 e. The number of unbranched alkanes of at least 4 members (excludes halogenated alkanes) is 2. The molecule has 0 fully saturated rings. The van der Waals surface area contributed by atoms with Gasteiger partial charge in [-0.05, 0) is 79.3 Å². The molecule has 0 saturated carbocycles. The summed E-state index contributed by atoms with van der Waals surface area (Å²) in [5.41, 5.74) is 6.52. The van der Waals surface area contributed by atoms with Crippen molar-refractivity contribution in [2.24, 2.45) is 0 Å². The molecule has 6 aromatic rings. The first-order valence-corrected chi connectivity index (χ1v) is 21.1. The van der Waals surface area contributed by atoms with Gasteiger partial charge in [0.05, 0.1) is 67.2 Å². The van der Waals surface area contributed by atoms with Gasteiger partial charge in [0.1, 0.15) is 11.5 Å². The molecule has 9 nitrogen and oxygen atoms in total. The Labute approximate surface area is 333 Å². The summed E-state index contributed by atoms with van der Waals surface area (Å²) in [6, 6.07) is 13.8. The third-order valence-corrected chi connectivity index (χ3v) is 13.2. The van der Waals surface area contributed by atoms with E-state index in [-0.39, 0.29) is 4.21 Å². The number of hydrogen-bond acceptors (Lipinski definition) is 8. The van der Waals surface area contributed by atoms with Gasteiger partial charge in [0.2, 0.25) is 0 Å². The highest BCUT2D eigenvalue weighted by Gasteiger charge is 2.30. The quantitative estimate of drug-likeness (QED) is 0.114. The summed E-state index contributed by atoms with van der Waals surface area (Å²) in [6.07, 6.45) is 12.0. The molecule has 1 N–H and O–H groups in total. The molecule has 0 amide bonds. The molecule has 0 atom stereocenters. The minimum absolute atomic E-state index is 0.211. The Morgan fingerprint density at radius 2 is 1.30 bits per heavy atom. The zero-order chi connectivity index (χ0) is 36.9. The van der Waals surface area contributed by atoms with Crippen LogP contribution in [0.25, 0.3) is 44.7 Å². The largest absolute Gasteiger partial charge is 0.492 e. The molecule has 16 heteroatoms. The molecule has 4 aromatic heterocycles. The highest BCUT2D eigenvalue weighted by Crippen LogP contribution is 2.46. The number of allylic oxidation sites excluding steroid dienone is 2.